The van der Waals surface area contributed by atoms with E-state index in [1.54, 1.807) is 0 Å². The second-order valence-corrected chi connectivity index (χ2v) is 7.95. The molecule has 27 heavy (non-hydrogen) atoms. The fourth-order valence-corrected chi connectivity index (χ4v) is 3.28. The van der Waals surface area contributed by atoms with Crippen LogP contribution >= 0.6 is 11.3 Å². The first-order chi connectivity index (χ1) is 13.1. The summed E-state index contributed by atoms with van der Waals surface area (Å²) in [4.78, 5) is 12.2. The molecule has 0 atom stereocenters. The van der Waals surface area contributed by atoms with Crippen molar-refractivity contribution in [1.29, 1.82) is 0 Å². The fraction of sp³-hybridized carbons (Fsp3) is 0.318. The Kier molecular flexibility index (Phi) is 6.85. The highest BCUT2D eigenvalue weighted by Gasteiger charge is 2.11. The molecule has 1 fully saturated rings. The van der Waals surface area contributed by atoms with Crippen molar-refractivity contribution in [3.8, 4) is 5.75 Å². The van der Waals surface area contributed by atoms with Crippen LogP contribution in [0.4, 0.5) is 9.80 Å². The number of ether oxygens (including phenoxy) is 1. The lowest BCUT2D eigenvalue weighted by molar-refractivity contribution is 0.214. The van der Waals surface area contributed by atoms with Gasteiger partial charge >= 0.3 is 6.09 Å². The van der Waals surface area contributed by atoms with E-state index in [1.165, 1.54) is 30.6 Å². The molecule has 0 aliphatic heterocycles. The number of amides is 1. The summed E-state index contributed by atoms with van der Waals surface area (Å²) in [6, 6.07) is 17.9. The lowest BCUT2D eigenvalue weighted by Gasteiger charge is -2.12. The number of nitrogens with one attached hydrogen (secondary N) is 2. The van der Waals surface area contributed by atoms with Gasteiger partial charge in [-0.1, -0.05) is 69.5 Å². The molecule has 1 amide bonds. The molecule has 1 saturated carbocycles. The molecule has 0 radical (unpaired) electrons. The molecule has 1 aliphatic rings. The van der Waals surface area contributed by atoms with Crippen LogP contribution in [0.3, 0.4) is 0 Å². The molecule has 0 bridgehead atoms. The Labute approximate surface area is 164 Å². The monoisotopic (exact) mass is 382 g/mol. The molecule has 5 heteroatoms. The van der Waals surface area contributed by atoms with Gasteiger partial charge in [-0.2, -0.15) is 0 Å². The molecule has 2 N–H and O–H groups in total. The summed E-state index contributed by atoms with van der Waals surface area (Å²) in [5, 5.41) is 8.03. The normalized spacial score (nSPS) is 12.4. The molecular weight excluding hydrogens is 356 g/mol. The summed E-state index contributed by atoms with van der Waals surface area (Å²) in [5.41, 5.74) is 0.956. The van der Waals surface area contributed by atoms with Crippen LogP contribution in [0.1, 0.15) is 38.7 Å². The van der Waals surface area contributed by atoms with Gasteiger partial charge in [-0.3, -0.25) is 5.32 Å². The second kappa shape index (κ2) is 9.53. The molecule has 4 nitrogen and oxygen atoms in total. The summed E-state index contributed by atoms with van der Waals surface area (Å²) in [7, 11) is 0. The molecule has 4 rings (SSSR count). The Morgan fingerprint density at radius 1 is 1.07 bits per heavy atom. The van der Waals surface area contributed by atoms with E-state index in [-0.39, 0.29) is 0 Å². The van der Waals surface area contributed by atoms with Crippen LogP contribution in [-0.4, -0.2) is 12.1 Å². The van der Waals surface area contributed by atoms with E-state index in [9.17, 15) is 4.79 Å². The molecule has 0 spiro atoms. The largest absolute Gasteiger partial charge is 0.417 e. The highest BCUT2D eigenvalue weighted by atomic mass is 32.1. The van der Waals surface area contributed by atoms with E-state index >= 15 is 0 Å². The van der Waals surface area contributed by atoms with E-state index in [0.29, 0.717) is 18.3 Å². The average molecular weight is 383 g/mol. The predicted molar refractivity (Wildman–Crippen MR) is 114 cm³/mol. The summed E-state index contributed by atoms with van der Waals surface area (Å²) >= 11 is 1.53. The van der Waals surface area contributed by atoms with Gasteiger partial charge in [0.15, 0.2) is 0 Å². The van der Waals surface area contributed by atoms with Crippen molar-refractivity contribution in [3.05, 3.63) is 60.2 Å². The van der Waals surface area contributed by atoms with Crippen LogP contribution in [0.15, 0.2) is 54.6 Å². The zero-order chi connectivity index (χ0) is 19.1. The smallest absolute Gasteiger partial charge is 0.410 e. The van der Waals surface area contributed by atoms with E-state index in [4.69, 9.17) is 4.74 Å². The summed E-state index contributed by atoms with van der Waals surface area (Å²) in [6.45, 7) is 4.82. The zero-order valence-electron chi connectivity index (χ0n) is 15.8. The first kappa shape index (κ1) is 19.4. The number of benzene rings is 2. The number of hydrogen-bond donors (Lipinski definition) is 2. The number of anilines is 1. The molecule has 0 unspecified atom stereocenters. The van der Waals surface area contributed by atoms with Crippen molar-refractivity contribution >= 4 is 32.5 Å². The fourth-order valence-electron chi connectivity index (χ4n) is 2.33. The van der Waals surface area contributed by atoms with Crippen LogP contribution in [0.2, 0.25) is 0 Å². The number of rotatable bonds is 5. The minimum Gasteiger partial charge on any atom is -0.410 e. The van der Waals surface area contributed by atoms with Crippen molar-refractivity contribution in [2.45, 2.75) is 45.7 Å². The maximum absolute atomic E-state index is 12.2. The van der Waals surface area contributed by atoms with Gasteiger partial charge in [0, 0.05) is 22.8 Å². The summed E-state index contributed by atoms with van der Waals surface area (Å²) in [5.74, 6) is 0.573. The third-order valence-electron chi connectivity index (χ3n) is 3.88. The summed E-state index contributed by atoms with van der Waals surface area (Å²) < 4.78 is 6.63. The third kappa shape index (κ3) is 6.38. The Morgan fingerprint density at radius 3 is 2.48 bits per heavy atom. The molecule has 1 heterocycles. The topological polar surface area (TPSA) is 50.4 Å². The second-order valence-electron chi connectivity index (χ2n) is 6.87. The minimum atomic E-state index is -0.474. The highest BCUT2D eigenvalue weighted by molar-refractivity contribution is 7.22. The number of hydrogen-bond acceptors (Lipinski definition) is 4. The van der Waals surface area contributed by atoms with Crippen molar-refractivity contribution in [2.75, 3.05) is 5.32 Å². The van der Waals surface area contributed by atoms with Crippen LogP contribution in [0.5, 0.6) is 5.75 Å². The number of para-hydroxylation sites is 1. The van der Waals surface area contributed by atoms with Gasteiger partial charge in [-0.25, -0.2) is 4.79 Å². The third-order valence-corrected chi connectivity index (χ3v) is 4.91. The quantitative estimate of drug-likeness (QED) is 0.554. The van der Waals surface area contributed by atoms with Crippen molar-refractivity contribution in [2.24, 2.45) is 0 Å². The van der Waals surface area contributed by atoms with Crippen LogP contribution in [0, 0.1) is 0 Å². The SMILES string of the molecule is C1CC1.CC(C)NCc1ccccc1OC(=O)Nc1cc2ccccc2s1. The molecular formula is C22H26N2O2S. The van der Waals surface area contributed by atoms with Gasteiger partial charge in [-0.15, -0.1) is 11.3 Å². The molecule has 142 valence electrons. The van der Waals surface area contributed by atoms with Gasteiger partial charge in [0.2, 0.25) is 0 Å². The Hall–Kier alpha value is -2.37. The maximum atomic E-state index is 12.2. The molecule has 2 aromatic carbocycles. The van der Waals surface area contributed by atoms with Crippen molar-refractivity contribution < 1.29 is 9.53 Å². The predicted octanol–water partition coefficient (Wildman–Crippen LogP) is 6.18. The van der Waals surface area contributed by atoms with E-state index in [0.717, 1.165) is 20.7 Å². The van der Waals surface area contributed by atoms with E-state index in [2.05, 4.69) is 24.5 Å². The van der Waals surface area contributed by atoms with Crippen LogP contribution in [-0.2, 0) is 6.54 Å². The highest BCUT2D eigenvalue weighted by Crippen LogP contribution is 2.29. The van der Waals surface area contributed by atoms with Crippen LogP contribution < -0.4 is 15.4 Å². The Morgan fingerprint density at radius 2 is 1.78 bits per heavy atom. The average Bonchev–Trinajstić information content (AvgIpc) is 3.47. The Bertz CT molecular complexity index is 851. The van der Waals surface area contributed by atoms with Crippen molar-refractivity contribution in [1.82, 2.24) is 5.32 Å². The van der Waals surface area contributed by atoms with Gasteiger partial charge in [0.1, 0.15) is 5.75 Å². The first-order valence-electron chi connectivity index (χ1n) is 9.40. The number of thiophene rings is 1. The number of carbonyl (C=O) groups excluding carboxylic acids is 1. The van der Waals surface area contributed by atoms with Gasteiger partial charge < -0.3 is 10.1 Å². The molecule has 1 aromatic heterocycles. The van der Waals surface area contributed by atoms with Gasteiger partial charge in [-0.05, 0) is 23.6 Å². The lowest BCUT2D eigenvalue weighted by atomic mass is 10.2. The van der Waals surface area contributed by atoms with E-state index < -0.39 is 6.09 Å². The lowest BCUT2D eigenvalue weighted by Crippen LogP contribution is -2.23. The molecule has 1 aliphatic carbocycles. The minimum absolute atomic E-state index is 0.366. The number of fused-ring (bicyclic) bond motifs is 1. The Balaban J connectivity index is 0.000000637. The summed E-state index contributed by atoms with van der Waals surface area (Å²) in [6.07, 6.45) is 4.03. The van der Waals surface area contributed by atoms with Gasteiger partial charge in [0.25, 0.3) is 0 Å². The zero-order valence-corrected chi connectivity index (χ0v) is 16.6. The molecule has 3 aromatic rings. The maximum Gasteiger partial charge on any atom is 0.417 e. The number of carbonyl (C=O) groups is 1. The standard InChI is InChI=1S/C19H20N2O2S.C3H6/c1-13(2)20-12-15-8-3-5-9-16(15)23-19(22)21-18-11-14-7-4-6-10-17(14)24-18;1-2-3-1/h3-11,13,20H,12H2,1-2H3,(H,21,22);1-3H2. The van der Waals surface area contributed by atoms with Crippen molar-refractivity contribution in [3.63, 3.8) is 0 Å². The first-order valence-corrected chi connectivity index (χ1v) is 10.2. The van der Waals surface area contributed by atoms with Gasteiger partial charge in [0.05, 0.1) is 5.00 Å². The molecule has 0 saturated heterocycles. The van der Waals surface area contributed by atoms with E-state index in [1.807, 2.05) is 54.6 Å². The van der Waals surface area contributed by atoms with Crippen LogP contribution in [0.25, 0.3) is 10.1 Å².